The van der Waals surface area contributed by atoms with Crippen LogP contribution in [-0.2, 0) is 9.53 Å². The van der Waals surface area contributed by atoms with Gasteiger partial charge in [0.1, 0.15) is 11.5 Å². The molecule has 33 heavy (non-hydrogen) atoms. The molecule has 0 bridgehead atoms. The van der Waals surface area contributed by atoms with Gasteiger partial charge >= 0.3 is 12.1 Å². The molecule has 1 aromatic heterocycles. The minimum absolute atomic E-state index is 0.0889. The second-order valence-corrected chi connectivity index (χ2v) is 8.43. The number of nitrogens with zero attached hydrogens (tertiary/aromatic N) is 1. The topological polar surface area (TPSA) is 138 Å². The van der Waals surface area contributed by atoms with Crippen molar-refractivity contribution in [3.63, 3.8) is 0 Å². The van der Waals surface area contributed by atoms with E-state index in [1.165, 1.54) is 0 Å². The summed E-state index contributed by atoms with van der Waals surface area (Å²) in [4.78, 5) is 40.0. The van der Waals surface area contributed by atoms with Crippen molar-refractivity contribution in [3.8, 4) is 11.1 Å². The molecule has 1 unspecified atom stereocenters. The van der Waals surface area contributed by atoms with E-state index in [9.17, 15) is 14.4 Å². The first kappa shape index (κ1) is 22.4. The van der Waals surface area contributed by atoms with Crippen LogP contribution in [0.5, 0.6) is 0 Å². The Hall–Kier alpha value is -3.76. The van der Waals surface area contributed by atoms with Crippen molar-refractivity contribution in [3.05, 3.63) is 70.2 Å². The van der Waals surface area contributed by atoms with Crippen LogP contribution in [0.25, 0.3) is 11.1 Å². The second-order valence-electron chi connectivity index (χ2n) is 7.43. The molecule has 0 saturated heterocycles. The molecular formula is C23H21N3O6S. The third kappa shape index (κ3) is 4.57. The standard InChI is InChI=1S/C23H21N3O6S/c1-12-19(20(28)25-18(10-27)21(29)30)33-22(24-12)26-23(31)32-11-17-15-8-4-2-6-13(15)14-7-3-5-9-16(14)17/h2-9,17-18,27H,10-11H2,1H3,(H,25,28)(H,29,30)(H,24,26,31). The number of amides is 2. The molecule has 1 atom stereocenters. The largest absolute Gasteiger partial charge is 0.480 e. The van der Waals surface area contributed by atoms with Crippen LogP contribution in [-0.4, -0.2) is 52.4 Å². The summed E-state index contributed by atoms with van der Waals surface area (Å²) in [6.45, 7) is 0.946. The fourth-order valence-electron chi connectivity index (χ4n) is 3.79. The number of aliphatic hydroxyl groups is 1. The van der Waals surface area contributed by atoms with Crippen LogP contribution in [0.3, 0.4) is 0 Å². The number of carboxylic acids is 1. The number of fused-ring (bicyclic) bond motifs is 3. The Kier molecular flexibility index (Phi) is 6.38. The monoisotopic (exact) mass is 467 g/mol. The van der Waals surface area contributed by atoms with Crippen LogP contribution in [0, 0.1) is 6.92 Å². The highest BCUT2D eigenvalue weighted by atomic mass is 32.1. The fraction of sp³-hybridized carbons (Fsp3) is 0.217. The van der Waals surface area contributed by atoms with Crippen molar-refractivity contribution in [2.45, 2.75) is 18.9 Å². The molecule has 0 fully saturated rings. The second kappa shape index (κ2) is 9.39. The Bertz CT molecular complexity index is 1180. The first-order chi connectivity index (χ1) is 15.9. The van der Waals surface area contributed by atoms with Crippen LogP contribution < -0.4 is 10.6 Å². The van der Waals surface area contributed by atoms with Gasteiger partial charge in [-0.15, -0.1) is 0 Å². The third-order valence-electron chi connectivity index (χ3n) is 5.34. The number of rotatable bonds is 7. The smallest absolute Gasteiger partial charge is 0.413 e. The van der Waals surface area contributed by atoms with E-state index in [0.29, 0.717) is 5.69 Å². The minimum Gasteiger partial charge on any atom is -0.480 e. The lowest BCUT2D eigenvalue weighted by Crippen LogP contribution is -2.43. The maximum absolute atomic E-state index is 12.4. The molecule has 10 heteroatoms. The number of aliphatic carboxylic acids is 1. The van der Waals surface area contributed by atoms with E-state index in [0.717, 1.165) is 33.6 Å². The van der Waals surface area contributed by atoms with Gasteiger partial charge in [-0.1, -0.05) is 59.9 Å². The Labute approximate surface area is 193 Å². The van der Waals surface area contributed by atoms with Crippen LogP contribution in [0.4, 0.5) is 9.93 Å². The zero-order valence-corrected chi connectivity index (χ0v) is 18.4. The third-order valence-corrected chi connectivity index (χ3v) is 6.41. The molecule has 4 rings (SSSR count). The van der Waals surface area contributed by atoms with Gasteiger partial charge in [-0.2, -0.15) is 0 Å². The van der Waals surface area contributed by atoms with Crippen molar-refractivity contribution in [1.29, 1.82) is 0 Å². The number of aryl methyl sites for hydroxylation is 1. The van der Waals surface area contributed by atoms with Crippen LogP contribution in [0.1, 0.15) is 32.4 Å². The molecule has 2 aromatic carbocycles. The van der Waals surface area contributed by atoms with E-state index in [4.69, 9.17) is 14.9 Å². The number of carbonyl (C=O) groups is 3. The fourth-order valence-corrected chi connectivity index (χ4v) is 4.65. The molecule has 0 saturated carbocycles. The zero-order valence-electron chi connectivity index (χ0n) is 17.6. The van der Waals surface area contributed by atoms with Gasteiger partial charge in [-0.25, -0.2) is 14.6 Å². The first-order valence-electron chi connectivity index (χ1n) is 10.1. The van der Waals surface area contributed by atoms with E-state index in [1.807, 2.05) is 48.5 Å². The predicted molar refractivity (Wildman–Crippen MR) is 122 cm³/mol. The number of carbonyl (C=O) groups excluding carboxylic acids is 2. The van der Waals surface area contributed by atoms with Crippen LogP contribution in [0.15, 0.2) is 48.5 Å². The summed E-state index contributed by atoms with van der Waals surface area (Å²) in [7, 11) is 0. The van der Waals surface area contributed by atoms with Crippen molar-refractivity contribution >= 4 is 34.4 Å². The lowest BCUT2D eigenvalue weighted by Gasteiger charge is -2.14. The molecule has 170 valence electrons. The van der Waals surface area contributed by atoms with Crippen LogP contribution >= 0.6 is 11.3 Å². The summed E-state index contributed by atoms with van der Waals surface area (Å²) in [5.74, 6) is -2.15. The number of aliphatic hydroxyl groups excluding tert-OH is 1. The molecule has 3 aromatic rings. The van der Waals surface area contributed by atoms with Crippen molar-refractivity contribution < 1.29 is 29.3 Å². The van der Waals surface area contributed by atoms with Gasteiger partial charge in [-0.05, 0) is 29.2 Å². The van der Waals surface area contributed by atoms with Gasteiger partial charge in [0, 0.05) is 5.92 Å². The number of anilines is 1. The molecule has 9 nitrogen and oxygen atoms in total. The summed E-state index contributed by atoms with van der Waals surface area (Å²) in [6.07, 6.45) is -0.712. The number of hydrogen-bond acceptors (Lipinski definition) is 7. The van der Waals surface area contributed by atoms with Crippen molar-refractivity contribution in [2.75, 3.05) is 18.5 Å². The van der Waals surface area contributed by atoms with E-state index in [-0.39, 0.29) is 22.5 Å². The lowest BCUT2D eigenvalue weighted by molar-refractivity contribution is -0.140. The molecule has 1 heterocycles. The van der Waals surface area contributed by atoms with E-state index in [2.05, 4.69) is 15.6 Å². The number of carboxylic acid groups (broad SMARTS) is 1. The predicted octanol–water partition coefficient (Wildman–Crippen LogP) is 2.99. The van der Waals surface area contributed by atoms with E-state index in [1.54, 1.807) is 6.92 Å². The maximum atomic E-state index is 12.4. The molecule has 0 spiro atoms. The molecular weight excluding hydrogens is 446 g/mol. The van der Waals surface area contributed by atoms with Gasteiger partial charge in [0.15, 0.2) is 11.2 Å². The molecule has 2 amide bonds. The highest BCUT2D eigenvalue weighted by molar-refractivity contribution is 7.17. The van der Waals surface area contributed by atoms with Gasteiger partial charge < -0.3 is 20.3 Å². The Balaban J connectivity index is 1.41. The summed E-state index contributed by atoms with van der Waals surface area (Å²) in [5.41, 5.74) is 4.74. The molecule has 1 aliphatic rings. The molecule has 0 aliphatic heterocycles. The van der Waals surface area contributed by atoms with Gasteiger partial charge in [0.05, 0.1) is 12.3 Å². The first-order valence-corrected chi connectivity index (χ1v) is 10.9. The normalized spacial score (nSPS) is 13.0. The SMILES string of the molecule is Cc1nc(NC(=O)OCC2c3ccccc3-c3ccccc32)sc1C(=O)NC(CO)C(=O)O. The number of ether oxygens (including phenoxy) is 1. The summed E-state index contributed by atoms with van der Waals surface area (Å²) in [6, 6.07) is 14.6. The molecule has 1 aliphatic carbocycles. The summed E-state index contributed by atoms with van der Waals surface area (Å²) < 4.78 is 5.47. The number of thiazole rings is 1. The number of hydrogen-bond donors (Lipinski definition) is 4. The Morgan fingerprint density at radius 2 is 1.70 bits per heavy atom. The van der Waals surface area contributed by atoms with E-state index < -0.39 is 30.6 Å². The highest BCUT2D eigenvalue weighted by Crippen LogP contribution is 2.44. The van der Waals surface area contributed by atoms with Gasteiger partial charge in [0.2, 0.25) is 0 Å². The average Bonchev–Trinajstić information content (AvgIpc) is 3.33. The zero-order chi connectivity index (χ0) is 23.5. The number of nitrogens with one attached hydrogen (secondary N) is 2. The average molecular weight is 468 g/mol. The van der Waals surface area contributed by atoms with Crippen molar-refractivity contribution in [2.24, 2.45) is 0 Å². The molecule has 0 radical (unpaired) electrons. The number of benzene rings is 2. The summed E-state index contributed by atoms with van der Waals surface area (Å²) >= 11 is 0.886. The summed E-state index contributed by atoms with van der Waals surface area (Å²) in [5, 5.41) is 22.9. The Morgan fingerprint density at radius 1 is 1.09 bits per heavy atom. The molecule has 4 N–H and O–H groups in total. The minimum atomic E-state index is -1.43. The van der Waals surface area contributed by atoms with Crippen LogP contribution in [0.2, 0.25) is 0 Å². The lowest BCUT2D eigenvalue weighted by atomic mass is 9.98. The van der Waals surface area contributed by atoms with Gasteiger partial charge in [0.25, 0.3) is 5.91 Å². The van der Waals surface area contributed by atoms with Crippen molar-refractivity contribution in [1.82, 2.24) is 10.3 Å². The quantitative estimate of drug-likeness (QED) is 0.419. The maximum Gasteiger partial charge on any atom is 0.413 e. The highest BCUT2D eigenvalue weighted by Gasteiger charge is 2.29. The van der Waals surface area contributed by atoms with Gasteiger partial charge in [-0.3, -0.25) is 10.1 Å². The number of aromatic nitrogens is 1. The Morgan fingerprint density at radius 3 is 2.27 bits per heavy atom. The van der Waals surface area contributed by atoms with E-state index >= 15 is 0 Å².